The van der Waals surface area contributed by atoms with Gasteiger partial charge < -0.3 is 5.32 Å². The molecule has 2 heterocycles. The molecule has 0 saturated heterocycles. The van der Waals surface area contributed by atoms with Crippen LogP contribution in [0.25, 0.3) is 11.4 Å². The third-order valence-corrected chi connectivity index (χ3v) is 6.26. The molecule has 152 valence electrons. The van der Waals surface area contributed by atoms with Crippen molar-refractivity contribution >= 4 is 45.0 Å². The molecule has 31 heavy (non-hydrogen) atoms. The van der Waals surface area contributed by atoms with E-state index in [0.29, 0.717) is 22.8 Å². The highest BCUT2D eigenvalue weighted by Gasteiger charge is 2.22. The molecule has 0 atom stereocenters. The van der Waals surface area contributed by atoms with E-state index in [0.717, 1.165) is 26.5 Å². The molecule has 8 heteroatoms. The van der Waals surface area contributed by atoms with E-state index in [9.17, 15) is 4.79 Å². The Morgan fingerprint density at radius 1 is 0.935 bits per heavy atom. The lowest BCUT2D eigenvalue weighted by molar-refractivity contribution is 0.102. The maximum atomic E-state index is 12.7. The maximum Gasteiger partial charge on any atom is 0.255 e. The van der Waals surface area contributed by atoms with Crippen molar-refractivity contribution < 1.29 is 4.79 Å². The Morgan fingerprint density at radius 3 is 2.48 bits per heavy atom. The number of anilines is 1. The molecule has 0 bridgehead atoms. The van der Waals surface area contributed by atoms with Crippen molar-refractivity contribution in [1.82, 2.24) is 14.9 Å². The van der Waals surface area contributed by atoms with Crippen LogP contribution in [0.2, 0.25) is 0 Å². The first-order valence-corrected chi connectivity index (χ1v) is 11.3. The number of hydrogen-bond donors (Lipinski definition) is 1. The maximum absolute atomic E-state index is 12.7. The zero-order valence-electron chi connectivity index (χ0n) is 16.2. The predicted octanol–water partition coefficient (Wildman–Crippen LogP) is 5.32. The van der Waals surface area contributed by atoms with Crippen LogP contribution in [0.15, 0.2) is 93.6 Å². The summed E-state index contributed by atoms with van der Waals surface area (Å²) < 4.78 is 2.77. The van der Waals surface area contributed by atoms with Gasteiger partial charge in [0.1, 0.15) is 0 Å². The van der Waals surface area contributed by atoms with Gasteiger partial charge in [-0.3, -0.25) is 4.79 Å². The van der Waals surface area contributed by atoms with Gasteiger partial charge in [0.25, 0.3) is 5.91 Å². The first-order chi connectivity index (χ1) is 15.2. The predicted molar refractivity (Wildman–Crippen MR) is 127 cm³/mol. The van der Waals surface area contributed by atoms with Crippen LogP contribution < -0.4 is 5.32 Å². The minimum atomic E-state index is -0.181. The molecule has 1 N–H and O–H groups in total. The monoisotopic (exact) mass is 489 g/mol. The fourth-order valence-corrected chi connectivity index (χ4v) is 4.35. The van der Waals surface area contributed by atoms with E-state index in [1.165, 1.54) is 0 Å². The molecule has 0 fully saturated rings. The first-order valence-electron chi connectivity index (χ1n) is 9.57. The molecule has 0 aliphatic carbocycles. The minimum Gasteiger partial charge on any atom is -0.321 e. The SMILES string of the molecule is O=C(Nc1ccccc1-c1nnc2n1N=C(c1ccc(Br)cc1)CS2)c1ccccc1. The van der Waals surface area contributed by atoms with Crippen LogP contribution in [0, 0.1) is 0 Å². The number of thioether (sulfide) groups is 1. The van der Waals surface area contributed by atoms with E-state index in [4.69, 9.17) is 5.10 Å². The number of amides is 1. The second-order valence-electron chi connectivity index (χ2n) is 6.83. The van der Waals surface area contributed by atoms with E-state index in [1.807, 2.05) is 66.7 Å². The average Bonchev–Trinajstić information content (AvgIpc) is 3.23. The highest BCUT2D eigenvalue weighted by Crippen LogP contribution is 2.32. The Labute approximate surface area is 191 Å². The Kier molecular flexibility index (Phi) is 5.40. The number of aromatic nitrogens is 3. The standard InChI is InChI=1S/C23H16BrN5OS/c24-17-12-10-15(11-13-17)20-14-31-23-27-26-21(29(23)28-20)18-8-4-5-9-19(18)25-22(30)16-6-2-1-3-7-16/h1-13H,14H2,(H,25,30). The molecule has 4 aromatic rings. The third-order valence-electron chi connectivity index (χ3n) is 4.80. The number of para-hydroxylation sites is 1. The first kappa shape index (κ1) is 19.7. The molecular weight excluding hydrogens is 474 g/mol. The number of nitrogens with one attached hydrogen (secondary N) is 1. The Hall–Kier alpha value is -3.23. The Morgan fingerprint density at radius 2 is 1.68 bits per heavy atom. The van der Waals surface area contributed by atoms with E-state index in [-0.39, 0.29) is 5.91 Å². The Bertz CT molecular complexity index is 1290. The van der Waals surface area contributed by atoms with Crippen molar-refractivity contribution in [3.05, 3.63) is 94.5 Å². The van der Waals surface area contributed by atoms with Crippen LogP contribution in [0.4, 0.5) is 5.69 Å². The number of hydrogen-bond acceptors (Lipinski definition) is 5. The number of carbonyl (C=O) groups is 1. The van der Waals surface area contributed by atoms with Gasteiger partial charge in [-0.25, -0.2) is 0 Å². The zero-order chi connectivity index (χ0) is 21.2. The van der Waals surface area contributed by atoms with Gasteiger partial charge in [-0.2, -0.15) is 9.78 Å². The smallest absolute Gasteiger partial charge is 0.255 e. The third kappa shape index (κ3) is 4.04. The largest absolute Gasteiger partial charge is 0.321 e. The number of benzene rings is 3. The van der Waals surface area contributed by atoms with Gasteiger partial charge in [0.05, 0.1) is 11.4 Å². The van der Waals surface area contributed by atoms with Crippen molar-refractivity contribution in [2.75, 3.05) is 11.1 Å². The summed E-state index contributed by atoms with van der Waals surface area (Å²) in [6, 6.07) is 24.7. The molecule has 1 aliphatic heterocycles. The quantitative estimate of drug-likeness (QED) is 0.421. The van der Waals surface area contributed by atoms with Crippen molar-refractivity contribution in [3.8, 4) is 11.4 Å². The molecular formula is C23H16BrN5OS. The average molecular weight is 490 g/mol. The Balaban J connectivity index is 1.52. The topological polar surface area (TPSA) is 72.2 Å². The fourth-order valence-electron chi connectivity index (χ4n) is 3.25. The van der Waals surface area contributed by atoms with Crippen molar-refractivity contribution in [3.63, 3.8) is 0 Å². The molecule has 6 nitrogen and oxygen atoms in total. The lowest BCUT2D eigenvalue weighted by Gasteiger charge is -2.15. The van der Waals surface area contributed by atoms with Gasteiger partial charge in [0, 0.05) is 21.4 Å². The molecule has 0 radical (unpaired) electrons. The lowest BCUT2D eigenvalue weighted by Crippen LogP contribution is -2.15. The number of halogens is 1. The molecule has 1 aliphatic rings. The van der Waals surface area contributed by atoms with Crippen LogP contribution in [0.1, 0.15) is 15.9 Å². The second-order valence-corrected chi connectivity index (χ2v) is 8.68. The molecule has 0 saturated carbocycles. The summed E-state index contributed by atoms with van der Waals surface area (Å²) in [5, 5.41) is 17.2. The number of carbonyl (C=O) groups excluding carboxylic acids is 1. The molecule has 0 spiro atoms. The minimum absolute atomic E-state index is 0.181. The molecule has 3 aromatic carbocycles. The van der Waals surface area contributed by atoms with Crippen molar-refractivity contribution in [2.24, 2.45) is 5.10 Å². The van der Waals surface area contributed by atoms with Crippen LogP contribution in [-0.2, 0) is 0 Å². The van der Waals surface area contributed by atoms with Gasteiger partial charge in [0.2, 0.25) is 5.16 Å². The highest BCUT2D eigenvalue weighted by molar-refractivity contribution is 9.10. The van der Waals surface area contributed by atoms with Crippen LogP contribution in [0.5, 0.6) is 0 Å². The number of nitrogens with zero attached hydrogens (tertiary/aromatic N) is 4. The van der Waals surface area contributed by atoms with Gasteiger partial charge in [-0.15, -0.1) is 10.2 Å². The summed E-state index contributed by atoms with van der Waals surface area (Å²) >= 11 is 5.06. The van der Waals surface area contributed by atoms with Gasteiger partial charge in [-0.05, 0) is 42.0 Å². The summed E-state index contributed by atoms with van der Waals surface area (Å²) in [5.74, 6) is 1.12. The molecule has 1 amide bonds. The van der Waals surface area contributed by atoms with E-state index in [1.54, 1.807) is 28.6 Å². The zero-order valence-corrected chi connectivity index (χ0v) is 18.6. The van der Waals surface area contributed by atoms with Crippen LogP contribution in [-0.4, -0.2) is 32.2 Å². The van der Waals surface area contributed by atoms with E-state index >= 15 is 0 Å². The second kappa shape index (κ2) is 8.49. The van der Waals surface area contributed by atoms with E-state index < -0.39 is 0 Å². The molecule has 1 aromatic heterocycles. The summed E-state index contributed by atoms with van der Waals surface area (Å²) in [7, 11) is 0. The van der Waals surface area contributed by atoms with Gasteiger partial charge in [-0.1, -0.05) is 70.2 Å². The van der Waals surface area contributed by atoms with Gasteiger partial charge >= 0.3 is 0 Å². The van der Waals surface area contributed by atoms with Crippen LogP contribution >= 0.6 is 27.7 Å². The van der Waals surface area contributed by atoms with Crippen LogP contribution in [0.3, 0.4) is 0 Å². The van der Waals surface area contributed by atoms with Gasteiger partial charge in [0.15, 0.2) is 5.82 Å². The van der Waals surface area contributed by atoms with Crippen molar-refractivity contribution in [2.45, 2.75) is 5.16 Å². The van der Waals surface area contributed by atoms with E-state index in [2.05, 4.69) is 31.4 Å². The van der Waals surface area contributed by atoms with Crippen molar-refractivity contribution in [1.29, 1.82) is 0 Å². The molecule has 0 unspecified atom stereocenters. The summed E-state index contributed by atoms with van der Waals surface area (Å²) in [5.41, 5.74) is 3.99. The summed E-state index contributed by atoms with van der Waals surface area (Å²) in [6.45, 7) is 0. The highest BCUT2D eigenvalue weighted by atomic mass is 79.9. The summed E-state index contributed by atoms with van der Waals surface area (Å²) in [6.07, 6.45) is 0. The lowest BCUT2D eigenvalue weighted by atomic mass is 10.1. The number of fused-ring (bicyclic) bond motifs is 1. The molecule has 5 rings (SSSR count). The summed E-state index contributed by atoms with van der Waals surface area (Å²) in [4.78, 5) is 12.7. The fraction of sp³-hybridized carbons (Fsp3) is 0.0435. The normalized spacial score (nSPS) is 12.7. The number of rotatable bonds is 4.